The Hall–Kier alpha value is -2.21. The summed E-state index contributed by atoms with van der Waals surface area (Å²) >= 11 is 0. The fourth-order valence-corrected chi connectivity index (χ4v) is 3.19. The molecule has 3 heterocycles. The quantitative estimate of drug-likeness (QED) is 0.927. The molecule has 0 radical (unpaired) electrons. The third kappa shape index (κ3) is 3.33. The third-order valence-corrected chi connectivity index (χ3v) is 4.75. The van der Waals surface area contributed by atoms with Gasteiger partial charge in [-0.1, -0.05) is 12.5 Å². The van der Waals surface area contributed by atoms with E-state index in [2.05, 4.69) is 29.0 Å². The van der Waals surface area contributed by atoms with Crippen LogP contribution < -0.4 is 10.9 Å². The number of carbonyl (C=O) groups is 1. The summed E-state index contributed by atoms with van der Waals surface area (Å²) < 4.78 is 1.39. The van der Waals surface area contributed by atoms with Crippen LogP contribution >= 0.6 is 0 Å². The first kappa shape index (κ1) is 16.6. The molecule has 0 atom stereocenters. The zero-order chi connectivity index (χ0) is 17.2. The van der Waals surface area contributed by atoms with Crippen molar-refractivity contribution in [1.82, 2.24) is 19.6 Å². The molecule has 128 valence electrons. The number of likely N-dealkylation sites (tertiary alicyclic amines) is 1. The van der Waals surface area contributed by atoms with Crippen LogP contribution in [0.2, 0.25) is 0 Å². The maximum absolute atomic E-state index is 12.5. The van der Waals surface area contributed by atoms with Gasteiger partial charge in [0.1, 0.15) is 11.2 Å². The van der Waals surface area contributed by atoms with E-state index in [1.54, 1.807) is 18.3 Å². The zero-order valence-corrected chi connectivity index (χ0v) is 14.3. The lowest BCUT2D eigenvalue weighted by Gasteiger charge is -2.41. The van der Waals surface area contributed by atoms with Crippen LogP contribution in [0.1, 0.15) is 43.5 Å². The molecule has 0 unspecified atom stereocenters. The van der Waals surface area contributed by atoms with Crippen LogP contribution in [0.3, 0.4) is 0 Å². The number of nitrogens with one attached hydrogen (secondary N) is 1. The Morgan fingerprint density at radius 2 is 2.00 bits per heavy atom. The van der Waals surface area contributed by atoms with Crippen LogP contribution in [-0.4, -0.2) is 45.4 Å². The van der Waals surface area contributed by atoms with E-state index in [4.69, 9.17) is 0 Å². The molecule has 2 aromatic rings. The van der Waals surface area contributed by atoms with Crippen LogP contribution in [0.15, 0.2) is 35.4 Å². The second kappa shape index (κ2) is 6.73. The van der Waals surface area contributed by atoms with Gasteiger partial charge in [-0.15, -0.1) is 0 Å². The van der Waals surface area contributed by atoms with Crippen LogP contribution in [0.25, 0.3) is 5.65 Å². The lowest BCUT2D eigenvalue weighted by molar-refractivity contribution is 0.0796. The number of amides is 1. The largest absolute Gasteiger partial charge is 0.350 e. The van der Waals surface area contributed by atoms with Gasteiger partial charge < -0.3 is 5.32 Å². The minimum atomic E-state index is -0.365. The molecule has 6 heteroatoms. The molecule has 0 aliphatic carbocycles. The number of hydrogen-bond donors (Lipinski definition) is 1. The number of rotatable bonds is 4. The summed E-state index contributed by atoms with van der Waals surface area (Å²) in [5, 5.41) is 2.91. The second-order valence-corrected chi connectivity index (χ2v) is 6.95. The van der Waals surface area contributed by atoms with E-state index in [1.807, 2.05) is 6.07 Å². The summed E-state index contributed by atoms with van der Waals surface area (Å²) in [6, 6.07) is 5.29. The molecule has 1 fully saturated rings. The molecular weight excluding hydrogens is 304 g/mol. The van der Waals surface area contributed by atoms with E-state index in [0.717, 1.165) is 13.1 Å². The van der Waals surface area contributed by atoms with E-state index in [-0.39, 0.29) is 22.6 Å². The average molecular weight is 328 g/mol. The number of carbonyl (C=O) groups excluding carboxylic acids is 1. The number of aromatic nitrogens is 2. The first-order chi connectivity index (χ1) is 11.5. The fourth-order valence-electron chi connectivity index (χ4n) is 3.19. The van der Waals surface area contributed by atoms with Gasteiger partial charge in [0.05, 0.1) is 0 Å². The van der Waals surface area contributed by atoms with Gasteiger partial charge in [0.15, 0.2) is 0 Å². The lowest BCUT2D eigenvalue weighted by atomic mass is 9.98. The zero-order valence-electron chi connectivity index (χ0n) is 14.3. The number of fused-ring (bicyclic) bond motifs is 1. The number of nitrogens with zero attached hydrogens (tertiary/aromatic N) is 3. The topological polar surface area (TPSA) is 66.7 Å². The van der Waals surface area contributed by atoms with Gasteiger partial charge in [0, 0.05) is 24.5 Å². The molecule has 1 saturated heterocycles. The summed E-state index contributed by atoms with van der Waals surface area (Å²) in [6.07, 6.45) is 6.67. The highest BCUT2D eigenvalue weighted by molar-refractivity contribution is 5.93. The summed E-state index contributed by atoms with van der Waals surface area (Å²) in [5.74, 6) is -0.365. The summed E-state index contributed by atoms with van der Waals surface area (Å²) in [5.41, 5.74) is 0.144. The minimum Gasteiger partial charge on any atom is -0.350 e. The highest BCUT2D eigenvalue weighted by atomic mass is 16.2. The first-order valence-electron chi connectivity index (χ1n) is 8.49. The van der Waals surface area contributed by atoms with Crippen LogP contribution in [0, 0.1) is 0 Å². The first-order valence-corrected chi connectivity index (χ1v) is 8.49. The smallest absolute Gasteiger partial charge is 0.270 e. The van der Waals surface area contributed by atoms with Gasteiger partial charge in [-0.2, -0.15) is 0 Å². The molecule has 3 rings (SSSR count). The van der Waals surface area contributed by atoms with Crippen molar-refractivity contribution in [2.45, 2.75) is 38.6 Å². The molecule has 1 aliphatic rings. The molecule has 0 saturated carbocycles. The predicted octanol–water partition coefficient (Wildman–Crippen LogP) is 1.69. The molecule has 24 heavy (non-hydrogen) atoms. The van der Waals surface area contributed by atoms with E-state index in [1.165, 1.54) is 29.9 Å². The van der Waals surface area contributed by atoms with Crippen molar-refractivity contribution in [2.75, 3.05) is 19.6 Å². The van der Waals surface area contributed by atoms with E-state index in [0.29, 0.717) is 12.2 Å². The number of hydrogen-bond acceptors (Lipinski definition) is 4. The lowest BCUT2D eigenvalue weighted by Crippen LogP contribution is -2.53. The molecule has 0 aromatic carbocycles. The summed E-state index contributed by atoms with van der Waals surface area (Å²) in [7, 11) is 0. The van der Waals surface area contributed by atoms with Gasteiger partial charge in [0.2, 0.25) is 0 Å². The number of piperidine rings is 1. The van der Waals surface area contributed by atoms with Crippen LogP contribution in [-0.2, 0) is 0 Å². The highest BCUT2D eigenvalue weighted by Gasteiger charge is 2.28. The van der Waals surface area contributed by atoms with Crippen LogP contribution in [0.4, 0.5) is 0 Å². The van der Waals surface area contributed by atoms with Gasteiger partial charge in [0.25, 0.3) is 11.5 Å². The normalized spacial score (nSPS) is 16.2. The SMILES string of the molecule is CC(C)(CNC(=O)c1cnc2ccccn2c1=O)N1CCCCC1. The second-order valence-electron chi connectivity index (χ2n) is 6.95. The van der Waals surface area contributed by atoms with Crippen molar-refractivity contribution >= 4 is 11.6 Å². The molecule has 6 nitrogen and oxygen atoms in total. The Balaban J connectivity index is 1.73. The highest BCUT2D eigenvalue weighted by Crippen LogP contribution is 2.19. The van der Waals surface area contributed by atoms with Gasteiger partial charge in [-0.25, -0.2) is 4.98 Å². The summed E-state index contributed by atoms with van der Waals surface area (Å²) in [6.45, 7) is 6.88. The maximum atomic E-state index is 12.5. The molecular formula is C18H24N4O2. The molecule has 1 amide bonds. The van der Waals surface area contributed by atoms with Crippen molar-refractivity contribution in [1.29, 1.82) is 0 Å². The Labute approximate surface area is 141 Å². The van der Waals surface area contributed by atoms with Crippen LogP contribution in [0.5, 0.6) is 0 Å². The Morgan fingerprint density at radius 3 is 2.75 bits per heavy atom. The molecule has 0 bridgehead atoms. The van der Waals surface area contributed by atoms with Gasteiger partial charge >= 0.3 is 0 Å². The maximum Gasteiger partial charge on any atom is 0.270 e. The van der Waals surface area contributed by atoms with Crippen molar-refractivity contribution in [3.63, 3.8) is 0 Å². The number of pyridine rings is 1. The Morgan fingerprint density at radius 1 is 1.25 bits per heavy atom. The standard InChI is InChI=1S/C18H24N4O2/c1-18(2,21-9-5-3-6-10-21)13-20-16(23)14-12-19-15-8-4-7-11-22(15)17(14)24/h4,7-8,11-12H,3,5-6,9-10,13H2,1-2H3,(H,20,23). The van der Waals surface area contributed by atoms with Crippen molar-refractivity contribution in [2.24, 2.45) is 0 Å². The predicted molar refractivity (Wildman–Crippen MR) is 93.3 cm³/mol. The van der Waals surface area contributed by atoms with Gasteiger partial charge in [-0.3, -0.25) is 18.9 Å². The minimum absolute atomic E-state index is 0.0770. The van der Waals surface area contributed by atoms with Crippen molar-refractivity contribution in [3.8, 4) is 0 Å². The van der Waals surface area contributed by atoms with Crippen molar-refractivity contribution < 1.29 is 4.79 Å². The fraction of sp³-hybridized carbons (Fsp3) is 0.500. The Kier molecular flexibility index (Phi) is 4.66. The average Bonchev–Trinajstić information content (AvgIpc) is 2.61. The molecule has 1 aliphatic heterocycles. The van der Waals surface area contributed by atoms with E-state index in [9.17, 15) is 9.59 Å². The molecule has 1 N–H and O–H groups in total. The monoisotopic (exact) mass is 328 g/mol. The molecule has 0 spiro atoms. The van der Waals surface area contributed by atoms with Crippen molar-refractivity contribution in [3.05, 3.63) is 46.5 Å². The molecule has 2 aromatic heterocycles. The third-order valence-electron chi connectivity index (χ3n) is 4.75. The van der Waals surface area contributed by atoms with E-state index >= 15 is 0 Å². The summed E-state index contributed by atoms with van der Waals surface area (Å²) in [4.78, 5) is 31.5. The van der Waals surface area contributed by atoms with Gasteiger partial charge in [-0.05, 0) is 51.9 Å². The van der Waals surface area contributed by atoms with E-state index < -0.39 is 0 Å². The Bertz CT molecular complexity index is 791.